The zero-order valence-corrected chi connectivity index (χ0v) is 11.4. The maximum absolute atomic E-state index is 11.1. The number of benzene rings is 1. The van der Waals surface area contributed by atoms with Crippen molar-refractivity contribution in [2.24, 2.45) is 5.73 Å². The number of nitrogens with two attached hydrogens (primary N) is 1. The van der Waals surface area contributed by atoms with Gasteiger partial charge in [-0.15, -0.1) is 0 Å². The molecule has 0 aliphatic heterocycles. The van der Waals surface area contributed by atoms with E-state index in [0.717, 1.165) is 10.0 Å². The van der Waals surface area contributed by atoms with Crippen molar-refractivity contribution in [3.8, 4) is 0 Å². The van der Waals surface area contributed by atoms with Gasteiger partial charge in [-0.3, -0.25) is 9.59 Å². The highest BCUT2D eigenvalue weighted by Gasteiger charge is 2.24. The summed E-state index contributed by atoms with van der Waals surface area (Å²) in [5, 5.41) is 2.51. The van der Waals surface area contributed by atoms with Gasteiger partial charge in [0.15, 0.2) is 0 Å². The van der Waals surface area contributed by atoms with Gasteiger partial charge in [-0.2, -0.15) is 0 Å². The molecule has 3 N–H and O–H groups in total. The molecule has 1 aromatic carbocycles. The standard InChI is InChI=1S/C12H15BrN2O2/c1-12(2,7-15-11(17)10(14)16)8-5-3-4-6-9(8)13/h3-6H,7H2,1-2H3,(H2,14,16)(H,15,17). The van der Waals surface area contributed by atoms with Crippen LogP contribution in [0.1, 0.15) is 19.4 Å². The van der Waals surface area contributed by atoms with Gasteiger partial charge in [0.1, 0.15) is 0 Å². The quantitative estimate of drug-likeness (QED) is 0.826. The molecule has 0 bridgehead atoms. The molecule has 4 nitrogen and oxygen atoms in total. The summed E-state index contributed by atoms with van der Waals surface area (Å²) in [6.45, 7) is 4.31. The zero-order chi connectivity index (χ0) is 13.1. The molecule has 0 heterocycles. The average Bonchev–Trinajstić information content (AvgIpc) is 2.26. The minimum Gasteiger partial charge on any atom is -0.361 e. The van der Waals surface area contributed by atoms with E-state index in [0.29, 0.717) is 6.54 Å². The predicted molar refractivity (Wildman–Crippen MR) is 69.4 cm³/mol. The third kappa shape index (κ3) is 3.56. The maximum atomic E-state index is 11.1. The Balaban J connectivity index is 2.79. The van der Waals surface area contributed by atoms with Gasteiger partial charge in [-0.25, -0.2) is 0 Å². The van der Waals surface area contributed by atoms with Crippen molar-refractivity contribution in [2.45, 2.75) is 19.3 Å². The third-order valence-electron chi connectivity index (χ3n) is 2.52. The topological polar surface area (TPSA) is 72.2 Å². The summed E-state index contributed by atoms with van der Waals surface area (Å²) in [4.78, 5) is 21.7. The summed E-state index contributed by atoms with van der Waals surface area (Å²) >= 11 is 3.46. The van der Waals surface area contributed by atoms with Crippen LogP contribution in [0.25, 0.3) is 0 Å². The molecular formula is C12H15BrN2O2. The summed E-state index contributed by atoms with van der Waals surface area (Å²) < 4.78 is 0.971. The normalized spacial score (nSPS) is 11.0. The van der Waals surface area contributed by atoms with E-state index in [4.69, 9.17) is 5.73 Å². The van der Waals surface area contributed by atoms with Gasteiger partial charge in [0.2, 0.25) is 0 Å². The SMILES string of the molecule is CC(C)(CNC(=O)C(N)=O)c1ccccc1Br. The molecule has 1 rings (SSSR count). The number of primary amides is 1. The lowest BCUT2D eigenvalue weighted by Crippen LogP contribution is -2.42. The van der Waals surface area contributed by atoms with Crippen molar-refractivity contribution >= 4 is 27.7 Å². The number of hydrogen-bond acceptors (Lipinski definition) is 2. The minimum atomic E-state index is -0.965. The number of nitrogens with one attached hydrogen (secondary N) is 1. The Morgan fingerprint density at radius 1 is 1.35 bits per heavy atom. The van der Waals surface area contributed by atoms with E-state index < -0.39 is 11.8 Å². The first-order valence-electron chi connectivity index (χ1n) is 5.17. The maximum Gasteiger partial charge on any atom is 0.309 e. The highest BCUT2D eigenvalue weighted by atomic mass is 79.9. The minimum absolute atomic E-state index is 0.287. The number of carbonyl (C=O) groups excluding carboxylic acids is 2. The van der Waals surface area contributed by atoms with Gasteiger partial charge in [-0.05, 0) is 11.6 Å². The van der Waals surface area contributed by atoms with Gasteiger partial charge in [0.05, 0.1) is 0 Å². The molecule has 0 radical (unpaired) electrons. The Hall–Kier alpha value is -1.36. The highest BCUT2D eigenvalue weighted by molar-refractivity contribution is 9.10. The molecule has 0 atom stereocenters. The van der Waals surface area contributed by atoms with Crippen LogP contribution in [0.15, 0.2) is 28.7 Å². The van der Waals surface area contributed by atoms with Crippen molar-refractivity contribution < 1.29 is 9.59 Å². The molecule has 92 valence electrons. The van der Waals surface area contributed by atoms with E-state index in [1.165, 1.54) is 0 Å². The number of amides is 2. The van der Waals surface area contributed by atoms with Crippen LogP contribution in [0.4, 0.5) is 0 Å². The Bertz CT molecular complexity index is 444. The van der Waals surface area contributed by atoms with Crippen LogP contribution in [-0.2, 0) is 15.0 Å². The fraction of sp³-hybridized carbons (Fsp3) is 0.333. The molecular weight excluding hydrogens is 284 g/mol. The van der Waals surface area contributed by atoms with Crippen LogP contribution in [0, 0.1) is 0 Å². The molecule has 5 heteroatoms. The van der Waals surface area contributed by atoms with Crippen molar-refractivity contribution in [1.29, 1.82) is 0 Å². The second-order valence-electron chi connectivity index (χ2n) is 4.41. The smallest absolute Gasteiger partial charge is 0.309 e. The Kier molecular flexibility index (Phi) is 4.28. The molecule has 1 aromatic rings. The van der Waals surface area contributed by atoms with E-state index in [-0.39, 0.29) is 5.41 Å². The molecule has 0 aliphatic carbocycles. The number of carbonyl (C=O) groups is 2. The first-order chi connectivity index (χ1) is 7.84. The van der Waals surface area contributed by atoms with E-state index in [9.17, 15) is 9.59 Å². The lowest BCUT2D eigenvalue weighted by Gasteiger charge is -2.26. The van der Waals surface area contributed by atoms with Gasteiger partial charge in [-0.1, -0.05) is 48.0 Å². The van der Waals surface area contributed by atoms with Crippen molar-refractivity contribution in [1.82, 2.24) is 5.32 Å². The highest BCUT2D eigenvalue weighted by Crippen LogP contribution is 2.29. The summed E-state index contributed by atoms with van der Waals surface area (Å²) in [7, 11) is 0. The van der Waals surface area contributed by atoms with Crippen molar-refractivity contribution in [3.05, 3.63) is 34.3 Å². The summed E-state index contributed by atoms with van der Waals surface area (Å²) in [6.07, 6.45) is 0. The Labute approximate surface area is 109 Å². The summed E-state index contributed by atoms with van der Waals surface area (Å²) in [5.41, 5.74) is 5.65. The third-order valence-corrected chi connectivity index (χ3v) is 3.21. The molecule has 0 spiro atoms. The molecule has 0 saturated carbocycles. The van der Waals surface area contributed by atoms with E-state index in [1.54, 1.807) is 0 Å². The average molecular weight is 299 g/mol. The van der Waals surface area contributed by atoms with Crippen molar-refractivity contribution in [3.63, 3.8) is 0 Å². The van der Waals surface area contributed by atoms with Crippen LogP contribution in [0.5, 0.6) is 0 Å². The molecule has 17 heavy (non-hydrogen) atoms. The lowest BCUT2D eigenvalue weighted by molar-refractivity contribution is -0.137. The molecule has 0 aliphatic rings. The van der Waals surface area contributed by atoms with Gasteiger partial charge in [0.25, 0.3) is 0 Å². The lowest BCUT2D eigenvalue weighted by atomic mass is 9.84. The van der Waals surface area contributed by atoms with E-state index in [2.05, 4.69) is 21.2 Å². The zero-order valence-electron chi connectivity index (χ0n) is 9.79. The monoisotopic (exact) mass is 298 g/mol. The molecule has 0 fully saturated rings. The number of rotatable bonds is 3. The molecule has 0 aromatic heterocycles. The van der Waals surface area contributed by atoms with Gasteiger partial charge in [0, 0.05) is 16.4 Å². The van der Waals surface area contributed by atoms with E-state index in [1.807, 2.05) is 38.1 Å². The van der Waals surface area contributed by atoms with Gasteiger partial charge < -0.3 is 11.1 Å². The van der Waals surface area contributed by atoms with Crippen LogP contribution in [0.3, 0.4) is 0 Å². The van der Waals surface area contributed by atoms with Crippen LogP contribution < -0.4 is 11.1 Å². The van der Waals surface area contributed by atoms with E-state index >= 15 is 0 Å². The first kappa shape index (κ1) is 13.7. The Morgan fingerprint density at radius 2 is 1.94 bits per heavy atom. The predicted octanol–water partition coefficient (Wildman–Crippen LogP) is 1.33. The summed E-state index contributed by atoms with van der Waals surface area (Å²) in [5.74, 6) is -1.72. The summed E-state index contributed by atoms with van der Waals surface area (Å²) in [6, 6.07) is 7.76. The first-order valence-corrected chi connectivity index (χ1v) is 5.96. The van der Waals surface area contributed by atoms with Crippen LogP contribution in [0.2, 0.25) is 0 Å². The molecule has 0 saturated heterocycles. The number of hydrogen-bond donors (Lipinski definition) is 2. The largest absolute Gasteiger partial charge is 0.361 e. The molecule has 2 amide bonds. The Morgan fingerprint density at radius 3 is 2.47 bits per heavy atom. The molecule has 0 unspecified atom stereocenters. The van der Waals surface area contributed by atoms with Crippen LogP contribution >= 0.6 is 15.9 Å². The second-order valence-corrected chi connectivity index (χ2v) is 5.26. The fourth-order valence-corrected chi connectivity index (χ4v) is 2.32. The second kappa shape index (κ2) is 5.31. The van der Waals surface area contributed by atoms with Gasteiger partial charge >= 0.3 is 11.8 Å². The number of halogens is 1. The fourth-order valence-electron chi connectivity index (χ4n) is 1.49. The van der Waals surface area contributed by atoms with Crippen molar-refractivity contribution in [2.75, 3.05) is 6.54 Å². The van der Waals surface area contributed by atoms with Crippen LogP contribution in [-0.4, -0.2) is 18.4 Å².